The molecule has 1 aromatic rings. The lowest BCUT2D eigenvalue weighted by Crippen LogP contribution is -2.41. The van der Waals surface area contributed by atoms with Crippen molar-refractivity contribution in [3.8, 4) is 0 Å². The Hall–Kier alpha value is -1.13. The van der Waals surface area contributed by atoms with E-state index in [9.17, 15) is 4.39 Å². The van der Waals surface area contributed by atoms with E-state index in [1.54, 1.807) is 6.08 Å². The predicted octanol–water partition coefficient (Wildman–Crippen LogP) is 5.05. The van der Waals surface area contributed by atoms with E-state index in [1.165, 1.54) is 11.1 Å². The zero-order chi connectivity index (χ0) is 17.5. The quantitative estimate of drug-likeness (QED) is 0.723. The average Bonchev–Trinajstić information content (AvgIpc) is 2.61. The largest absolute Gasteiger partial charge is 0.524 e. The van der Waals surface area contributed by atoms with Crippen molar-refractivity contribution in [3.05, 3.63) is 47.2 Å². The number of allylic oxidation sites excluding steroid dienone is 1. The van der Waals surface area contributed by atoms with Gasteiger partial charge < -0.3 is 9.31 Å². The Morgan fingerprint density at radius 2 is 1.57 bits per heavy atom. The summed E-state index contributed by atoms with van der Waals surface area (Å²) in [7, 11) is -0.919. The Kier molecular flexibility index (Phi) is 4.80. The van der Waals surface area contributed by atoms with Crippen molar-refractivity contribution in [3.63, 3.8) is 0 Å². The molecule has 0 saturated carbocycles. The van der Waals surface area contributed by atoms with Gasteiger partial charge in [-0.2, -0.15) is 0 Å². The van der Waals surface area contributed by atoms with Crippen LogP contribution in [0.5, 0.6) is 0 Å². The summed E-state index contributed by atoms with van der Waals surface area (Å²) in [5.74, 6) is 0. The summed E-state index contributed by atoms with van der Waals surface area (Å²) in [6, 6.07) is 8.36. The normalized spacial score (nSPS) is 20.9. The average molecular weight is 318 g/mol. The zero-order valence-corrected chi connectivity index (χ0v) is 15.4. The first-order valence-electron chi connectivity index (χ1n) is 8.21. The van der Waals surface area contributed by atoms with E-state index in [2.05, 4.69) is 31.2 Å². The summed E-state index contributed by atoms with van der Waals surface area (Å²) in [6.45, 7) is 13.8. The molecular formula is C19H28BFO2. The molecule has 1 aliphatic heterocycles. The van der Waals surface area contributed by atoms with Crippen LogP contribution in [-0.2, 0) is 15.7 Å². The van der Waals surface area contributed by atoms with E-state index in [4.69, 9.17) is 9.31 Å². The molecule has 0 aromatic heterocycles. The topological polar surface area (TPSA) is 18.5 Å². The molecule has 0 unspecified atom stereocenters. The Morgan fingerprint density at radius 1 is 1.09 bits per heavy atom. The molecule has 2 nitrogen and oxygen atoms in total. The molecule has 0 spiro atoms. The van der Waals surface area contributed by atoms with Gasteiger partial charge in [-0.15, -0.1) is 0 Å². The van der Waals surface area contributed by atoms with Crippen LogP contribution < -0.4 is 0 Å². The van der Waals surface area contributed by atoms with E-state index in [1.807, 2.05) is 41.5 Å². The summed E-state index contributed by atoms with van der Waals surface area (Å²) in [6.07, 6.45) is 2.40. The zero-order valence-electron chi connectivity index (χ0n) is 15.4. The summed E-state index contributed by atoms with van der Waals surface area (Å²) in [5.41, 5.74) is 0.710. The molecule has 1 aliphatic rings. The van der Waals surface area contributed by atoms with Crippen molar-refractivity contribution in [1.82, 2.24) is 0 Å². The van der Waals surface area contributed by atoms with Crippen molar-refractivity contribution in [1.29, 1.82) is 0 Å². The number of aryl methyl sites for hydroxylation is 1. The molecule has 0 bridgehead atoms. The SMILES string of the molecule is Cc1ccc(CC(C)(C)C=C(F)B2OC(C)(C)C(C)(C)O2)cc1. The maximum atomic E-state index is 14.7. The van der Waals surface area contributed by atoms with Gasteiger partial charge >= 0.3 is 7.12 Å². The number of hydrogen-bond donors (Lipinski definition) is 0. The van der Waals surface area contributed by atoms with E-state index in [0.717, 1.165) is 6.42 Å². The fourth-order valence-corrected chi connectivity index (χ4v) is 2.68. The molecule has 1 fully saturated rings. The van der Waals surface area contributed by atoms with Crippen LogP contribution in [0.3, 0.4) is 0 Å². The van der Waals surface area contributed by atoms with Crippen molar-refractivity contribution in [2.24, 2.45) is 5.41 Å². The molecule has 126 valence electrons. The molecule has 0 radical (unpaired) electrons. The molecule has 2 rings (SSSR count). The first-order chi connectivity index (χ1) is 10.4. The molecule has 0 N–H and O–H groups in total. The number of benzene rings is 1. The predicted molar refractivity (Wildman–Crippen MR) is 93.9 cm³/mol. The Morgan fingerprint density at radius 3 is 2.04 bits per heavy atom. The highest BCUT2D eigenvalue weighted by molar-refractivity contribution is 6.53. The maximum Gasteiger partial charge on any atom is 0.524 e. The van der Waals surface area contributed by atoms with Crippen LogP contribution in [0.1, 0.15) is 52.7 Å². The van der Waals surface area contributed by atoms with E-state index < -0.39 is 18.3 Å². The van der Waals surface area contributed by atoms with Gasteiger partial charge in [0.15, 0.2) is 0 Å². The minimum Gasteiger partial charge on any atom is -0.398 e. The second-order valence-corrected chi connectivity index (χ2v) is 8.27. The van der Waals surface area contributed by atoms with Gasteiger partial charge in [0.05, 0.1) is 11.2 Å². The number of halogens is 1. The Labute approximate surface area is 140 Å². The third kappa shape index (κ3) is 4.24. The summed E-state index contributed by atoms with van der Waals surface area (Å²) in [5, 5.41) is 0. The third-order valence-electron chi connectivity index (χ3n) is 4.79. The van der Waals surface area contributed by atoms with Crippen LogP contribution in [0.4, 0.5) is 4.39 Å². The lowest BCUT2D eigenvalue weighted by atomic mass is 9.79. The lowest BCUT2D eigenvalue weighted by molar-refractivity contribution is 0.00578. The van der Waals surface area contributed by atoms with Crippen LogP contribution in [0, 0.1) is 12.3 Å². The summed E-state index contributed by atoms with van der Waals surface area (Å²) in [4.78, 5) is 0. The molecule has 23 heavy (non-hydrogen) atoms. The highest BCUT2D eigenvalue weighted by Crippen LogP contribution is 2.39. The second kappa shape index (κ2) is 6.06. The van der Waals surface area contributed by atoms with Crippen molar-refractivity contribution in [2.45, 2.75) is 66.1 Å². The number of rotatable bonds is 4. The van der Waals surface area contributed by atoms with Crippen LogP contribution in [-0.4, -0.2) is 18.3 Å². The maximum absolute atomic E-state index is 14.7. The van der Waals surface area contributed by atoms with E-state index in [0.29, 0.717) is 0 Å². The first-order valence-corrected chi connectivity index (χ1v) is 8.21. The molecule has 0 aliphatic carbocycles. The van der Waals surface area contributed by atoms with Gasteiger partial charge in [-0.1, -0.05) is 49.8 Å². The minimum absolute atomic E-state index is 0.317. The molecular weight excluding hydrogens is 290 g/mol. The van der Waals surface area contributed by atoms with Gasteiger partial charge in [0.1, 0.15) is 5.73 Å². The second-order valence-electron chi connectivity index (χ2n) is 8.27. The molecule has 0 atom stereocenters. The van der Waals surface area contributed by atoms with Crippen LogP contribution in [0.25, 0.3) is 0 Å². The van der Waals surface area contributed by atoms with E-state index >= 15 is 0 Å². The van der Waals surface area contributed by atoms with Crippen LogP contribution in [0.15, 0.2) is 36.1 Å². The monoisotopic (exact) mass is 318 g/mol. The molecule has 0 amide bonds. The molecule has 4 heteroatoms. The van der Waals surface area contributed by atoms with Gasteiger partial charge in [0, 0.05) is 0 Å². The Bertz CT molecular complexity index is 572. The highest BCUT2D eigenvalue weighted by atomic mass is 19.1. The van der Waals surface area contributed by atoms with Crippen molar-refractivity contribution < 1.29 is 13.7 Å². The highest BCUT2D eigenvalue weighted by Gasteiger charge is 2.53. The van der Waals surface area contributed by atoms with Gasteiger partial charge in [0.25, 0.3) is 0 Å². The van der Waals surface area contributed by atoms with Crippen LogP contribution >= 0.6 is 0 Å². The van der Waals surface area contributed by atoms with Crippen LogP contribution in [0.2, 0.25) is 0 Å². The summed E-state index contributed by atoms with van der Waals surface area (Å²) >= 11 is 0. The fraction of sp³-hybridized carbons (Fsp3) is 0.579. The smallest absolute Gasteiger partial charge is 0.398 e. The molecule has 1 aromatic carbocycles. The number of hydrogen-bond acceptors (Lipinski definition) is 2. The fourth-order valence-electron chi connectivity index (χ4n) is 2.68. The Balaban J connectivity index is 2.11. The van der Waals surface area contributed by atoms with Crippen molar-refractivity contribution in [2.75, 3.05) is 0 Å². The van der Waals surface area contributed by atoms with Crippen molar-refractivity contribution >= 4 is 7.12 Å². The standard InChI is InChI=1S/C19H28BFO2/c1-14-8-10-15(11-9-14)12-17(2,3)13-16(21)20-22-18(4,5)19(6,7)23-20/h8-11,13H,12H2,1-7H3. The first kappa shape index (κ1) is 18.2. The molecule has 1 heterocycles. The third-order valence-corrected chi connectivity index (χ3v) is 4.79. The van der Waals surface area contributed by atoms with E-state index in [-0.39, 0.29) is 11.1 Å². The van der Waals surface area contributed by atoms with Gasteiger partial charge in [-0.3, -0.25) is 0 Å². The van der Waals surface area contributed by atoms with Gasteiger partial charge in [-0.25, -0.2) is 4.39 Å². The minimum atomic E-state index is -0.919. The van der Waals surface area contributed by atoms with Gasteiger partial charge in [-0.05, 0) is 52.0 Å². The lowest BCUT2D eigenvalue weighted by Gasteiger charge is -2.32. The molecule has 1 saturated heterocycles. The van der Waals surface area contributed by atoms with Gasteiger partial charge in [0.2, 0.25) is 0 Å². The summed E-state index contributed by atoms with van der Waals surface area (Å²) < 4.78 is 26.2.